The van der Waals surface area contributed by atoms with E-state index in [0.29, 0.717) is 6.61 Å². The van der Waals surface area contributed by atoms with Gasteiger partial charge in [0.05, 0.1) is 0 Å². The van der Waals surface area contributed by atoms with Crippen LogP contribution in [0.3, 0.4) is 0 Å². The molecule has 0 saturated heterocycles. The number of rotatable bonds is 5. The molecule has 0 saturated carbocycles. The summed E-state index contributed by atoms with van der Waals surface area (Å²) in [7, 11) is 0. The van der Waals surface area contributed by atoms with E-state index in [9.17, 15) is 5.11 Å². The van der Waals surface area contributed by atoms with Crippen molar-refractivity contribution in [3.05, 3.63) is 96.2 Å². The summed E-state index contributed by atoms with van der Waals surface area (Å²) in [5, 5.41) is 10.8. The first-order valence-corrected chi connectivity index (χ1v) is 8.88. The van der Waals surface area contributed by atoms with Crippen LogP contribution in [0.1, 0.15) is 16.7 Å². The Hall–Kier alpha value is -3.46. The molecular weight excluding hydrogens is 334 g/mol. The maximum absolute atomic E-state index is 9.56. The predicted octanol–water partition coefficient (Wildman–Crippen LogP) is 6.25. The maximum Gasteiger partial charge on any atom is 0.120 e. The molecular formula is C24H21NO2. The van der Waals surface area contributed by atoms with Gasteiger partial charge in [0.1, 0.15) is 18.1 Å². The fourth-order valence-corrected chi connectivity index (χ4v) is 3.29. The van der Waals surface area contributed by atoms with E-state index < -0.39 is 0 Å². The van der Waals surface area contributed by atoms with Crippen LogP contribution in [-0.4, -0.2) is 10.1 Å². The number of aryl methyl sites for hydroxylation is 1. The van der Waals surface area contributed by atoms with Crippen molar-refractivity contribution in [3.63, 3.8) is 0 Å². The zero-order chi connectivity index (χ0) is 18.8. The molecule has 0 bridgehead atoms. The number of aromatic nitrogens is 1. The van der Waals surface area contributed by atoms with Gasteiger partial charge in [-0.3, -0.25) is 0 Å². The van der Waals surface area contributed by atoms with E-state index in [1.165, 1.54) is 16.5 Å². The van der Waals surface area contributed by atoms with Crippen molar-refractivity contribution in [1.29, 1.82) is 0 Å². The Morgan fingerprint density at radius 3 is 2.67 bits per heavy atom. The molecule has 0 aliphatic rings. The second-order valence-electron chi connectivity index (χ2n) is 6.69. The molecule has 0 spiro atoms. The number of benzene rings is 3. The van der Waals surface area contributed by atoms with Crippen molar-refractivity contribution in [2.24, 2.45) is 0 Å². The highest BCUT2D eigenvalue weighted by Gasteiger charge is 2.05. The van der Waals surface area contributed by atoms with Crippen molar-refractivity contribution >= 4 is 16.7 Å². The van der Waals surface area contributed by atoms with E-state index in [1.54, 1.807) is 0 Å². The summed E-state index contributed by atoms with van der Waals surface area (Å²) in [6.07, 6.45) is 1.96. The van der Waals surface area contributed by atoms with Crippen LogP contribution >= 0.6 is 0 Å². The van der Waals surface area contributed by atoms with Crippen LogP contribution in [0.2, 0.25) is 0 Å². The number of aliphatic hydroxyl groups excluding tert-OH is 1. The molecule has 1 aromatic heterocycles. The average molecular weight is 355 g/mol. The second kappa shape index (κ2) is 7.04. The molecule has 0 aliphatic heterocycles. The molecule has 0 aliphatic carbocycles. The lowest BCUT2D eigenvalue weighted by Gasteiger charge is -2.11. The van der Waals surface area contributed by atoms with Gasteiger partial charge in [0.2, 0.25) is 0 Å². The van der Waals surface area contributed by atoms with Gasteiger partial charge in [-0.2, -0.15) is 0 Å². The Bertz CT molecular complexity index is 1120. The monoisotopic (exact) mass is 355 g/mol. The van der Waals surface area contributed by atoms with Gasteiger partial charge in [0, 0.05) is 17.3 Å². The largest absolute Gasteiger partial charge is 0.508 e. The third-order valence-corrected chi connectivity index (χ3v) is 4.73. The summed E-state index contributed by atoms with van der Waals surface area (Å²) in [5.74, 6) is 0.850. The molecule has 0 radical (unpaired) electrons. The molecule has 1 heterocycles. The highest BCUT2D eigenvalue weighted by Crippen LogP contribution is 2.26. The number of fused-ring (bicyclic) bond motifs is 1. The minimum absolute atomic E-state index is 0.0751. The first kappa shape index (κ1) is 17.0. The van der Waals surface area contributed by atoms with Crippen LogP contribution in [0.25, 0.3) is 27.8 Å². The summed E-state index contributed by atoms with van der Waals surface area (Å²) < 4.78 is 5.94. The predicted molar refractivity (Wildman–Crippen MR) is 111 cm³/mol. The Kier molecular flexibility index (Phi) is 4.43. The number of hydrogen-bond donors (Lipinski definition) is 2. The number of ether oxygens (including phenoxy) is 1. The lowest BCUT2D eigenvalue weighted by Crippen LogP contribution is -1.97. The summed E-state index contributed by atoms with van der Waals surface area (Å²) in [5.41, 5.74) is 6.28. The fourth-order valence-electron chi connectivity index (χ4n) is 3.29. The second-order valence-corrected chi connectivity index (χ2v) is 6.69. The molecule has 4 rings (SSSR count). The van der Waals surface area contributed by atoms with E-state index in [-0.39, 0.29) is 5.76 Å². The quantitative estimate of drug-likeness (QED) is 0.416. The minimum atomic E-state index is 0.0751. The first-order chi connectivity index (χ1) is 13.1. The number of aliphatic hydroxyl groups is 1. The van der Waals surface area contributed by atoms with Gasteiger partial charge in [-0.25, -0.2) is 0 Å². The Morgan fingerprint density at radius 1 is 1.00 bits per heavy atom. The first-order valence-electron chi connectivity index (χ1n) is 8.88. The van der Waals surface area contributed by atoms with Crippen molar-refractivity contribution < 1.29 is 9.84 Å². The molecule has 0 unspecified atom stereocenters. The van der Waals surface area contributed by atoms with Crippen LogP contribution in [0.15, 0.2) is 79.5 Å². The molecule has 3 nitrogen and oxygen atoms in total. The van der Waals surface area contributed by atoms with E-state index in [1.807, 2.05) is 31.3 Å². The van der Waals surface area contributed by atoms with Gasteiger partial charge in [0.15, 0.2) is 0 Å². The third kappa shape index (κ3) is 3.58. The number of aromatic amines is 1. The molecule has 0 fully saturated rings. The molecule has 0 atom stereocenters. The standard InChI is InChI=1S/C24H21NO2/c1-16-12-22(7-8-23(16)17(2)26)27-15-18-4-3-5-19(13-18)20-6-9-24-21(14-20)10-11-25-24/h3-14,25-26H,2,15H2,1H3. The van der Waals surface area contributed by atoms with Crippen LogP contribution in [0.5, 0.6) is 5.75 Å². The minimum Gasteiger partial charge on any atom is -0.508 e. The molecule has 27 heavy (non-hydrogen) atoms. The molecule has 2 N–H and O–H groups in total. The van der Waals surface area contributed by atoms with Crippen LogP contribution in [-0.2, 0) is 6.61 Å². The van der Waals surface area contributed by atoms with Crippen molar-refractivity contribution in [1.82, 2.24) is 4.98 Å². The van der Waals surface area contributed by atoms with Crippen molar-refractivity contribution in [2.75, 3.05) is 0 Å². The normalized spacial score (nSPS) is 10.9. The fraction of sp³-hybridized carbons (Fsp3) is 0.0833. The number of H-pyrrole nitrogens is 1. The average Bonchev–Trinajstić information content (AvgIpc) is 3.14. The van der Waals surface area contributed by atoms with Crippen molar-refractivity contribution in [3.8, 4) is 16.9 Å². The zero-order valence-electron chi connectivity index (χ0n) is 15.2. The number of hydrogen-bond acceptors (Lipinski definition) is 2. The van der Waals surface area contributed by atoms with Gasteiger partial charge in [-0.15, -0.1) is 0 Å². The van der Waals surface area contributed by atoms with E-state index in [2.05, 4.69) is 60.1 Å². The lowest BCUT2D eigenvalue weighted by molar-refractivity contribution is 0.306. The smallest absolute Gasteiger partial charge is 0.120 e. The van der Waals surface area contributed by atoms with Crippen LogP contribution in [0, 0.1) is 6.92 Å². The maximum atomic E-state index is 9.56. The lowest BCUT2D eigenvalue weighted by atomic mass is 10.0. The van der Waals surface area contributed by atoms with Gasteiger partial charge >= 0.3 is 0 Å². The SMILES string of the molecule is C=C(O)c1ccc(OCc2cccc(-c3ccc4[nH]ccc4c3)c2)cc1C. The van der Waals surface area contributed by atoms with Crippen LogP contribution in [0.4, 0.5) is 0 Å². The van der Waals surface area contributed by atoms with E-state index >= 15 is 0 Å². The highest BCUT2D eigenvalue weighted by atomic mass is 16.5. The highest BCUT2D eigenvalue weighted by molar-refractivity contribution is 5.85. The Morgan fingerprint density at radius 2 is 1.85 bits per heavy atom. The zero-order valence-corrected chi connectivity index (χ0v) is 15.2. The summed E-state index contributed by atoms with van der Waals surface area (Å²) in [6.45, 7) is 5.99. The summed E-state index contributed by atoms with van der Waals surface area (Å²) in [6, 6.07) is 22.5. The van der Waals surface area contributed by atoms with Crippen LogP contribution < -0.4 is 4.74 Å². The molecule has 3 aromatic carbocycles. The topological polar surface area (TPSA) is 45.2 Å². The van der Waals surface area contributed by atoms with Gasteiger partial charge in [-0.05, 0) is 77.0 Å². The van der Waals surface area contributed by atoms with Gasteiger partial charge in [0.25, 0.3) is 0 Å². The van der Waals surface area contributed by atoms with Crippen molar-refractivity contribution in [2.45, 2.75) is 13.5 Å². The molecule has 4 aromatic rings. The number of nitrogens with one attached hydrogen (secondary N) is 1. The molecule has 134 valence electrons. The third-order valence-electron chi connectivity index (χ3n) is 4.73. The van der Waals surface area contributed by atoms with Gasteiger partial charge in [-0.1, -0.05) is 30.8 Å². The Labute approximate surface area is 158 Å². The summed E-state index contributed by atoms with van der Waals surface area (Å²) in [4.78, 5) is 3.22. The molecule has 0 amide bonds. The van der Waals surface area contributed by atoms with Gasteiger partial charge < -0.3 is 14.8 Å². The Balaban J connectivity index is 1.52. The van der Waals surface area contributed by atoms with E-state index in [4.69, 9.17) is 4.74 Å². The van der Waals surface area contributed by atoms with E-state index in [0.717, 1.165) is 28.0 Å². The summed E-state index contributed by atoms with van der Waals surface area (Å²) >= 11 is 0. The molecule has 3 heteroatoms.